The fourth-order valence-corrected chi connectivity index (χ4v) is 2.83. The molecule has 1 rings (SSSR count). The van der Waals surface area contributed by atoms with Crippen LogP contribution in [0.15, 0.2) is 30.3 Å². The second-order valence-corrected chi connectivity index (χ2v) is 5.73. The van der Waals surface area contributed by atoms with Crippen LogP contribution in [0.2, 0.25) is 0 Å². The smallest absolute Gasteiger partial charge is 0.381 e. The van der Waals surface area contributed by atoms with E-state index in [1.807, 2.05) is 0 Å². The van der Waals surface area contributed by atoms with Crippen LogP contribution >= 0.6 is 7.60 Å². The van der Waals surface area contributed by atoms with E-state index in [4.69, 9.17) is 14.8 Å². The predicted molar refractivity (Wildman–Crippen MR) is 66.3 cm³/mol. The second kappa shape index (κ2) is 7.23. The first kappa shape index (κ1) is 15.6. The van der Waals surface area contributed by atoms with Gasteiger partial charge in [-0.2, -0.15) is 0 Å². The molecule has 0 bridgehead atoms. The van der Waals surface area contributed by atoms with E-state index in [1.54, 1.807) is 30.3 Å². The lowest BCUT2D eigenvalue weighted by atomic mass is 10.3. The highest BCUT2D eigenvalue weighted by Gasteiger charge is 2.32. The second-order valence-electron chi connectivity index (χ2n) is 3.67. The van der Waals surface area contributed by atoms with Crippen molar-refractivity contribution in [1.29, 1.82) is 0 Å². The Kier molecular flexibility index (Phi) is 5.95. The lowest BCUT2D eigenvalue weighted by Crippen LogP contribution is -2.23. The van der Waals surface area contributed by atoms with Gasteiger partial charge in [-0.05, 0) is 19.1 Å². The minimum atomic E-state index is -3.66. The van der Waals surface area contributed by atoms with Gasteiger partial charge in [0.1, 0.15) is 5.75 Å². The van der Waals surface area contributed by atoms with Crippen molar-refractivity contribution in [3.05, 3.63) is 30.3 Å². The third kappa shape index (κ3) is 4.98. The first-order valence-corrected chi connectivity index (χ1v) is 7.28. The summed E-state index contributed by atoms with van der Waals surface area (Å²) in [6.07, 6.45) is -1.46. The van der Waals surface area contributed by atoms with Crippen LogP contribution in [0.3, 0.4) is 0 Å². The molecule has 0 amide bonds. The molecular weight excluding hydrogens is 276 g/mol. The van der Waals surface area contributed by atoms with Crippen molar-refractivity contribution in [3.63, 3.8) is 0 Å². The molecule has 6 nitrogen and oxygen atoms in total. The van der Waals surface area contributed by atoms with Crippen molar-refractivity contribution in [2.24, 2.45) is 5.73 Å². The van der Waals surface area contributed by atoms with Gasteiger partial charge in [-0.25, -0.2) is 9.36 Å². The molecule has 1 aromatic rings. The largest absolute Gasteiger partial charge is 0.424 e. The van der Waals surface area contributed by atoms with E-state index in [0.29, 0.717) is 5.75 Å². The highest BCUT2D eigenvalue weighted by molar-refractivity contribution is 7.54. The Morgan fingerprint density at radius 1 is 1.42 bits per heavy atom. The monoisotopic (exact) mass is 291 g/mol. The molecule has 106 valence electrons. The highest BCUT2D eigenvalue weighted by Crippen LogP contribution is 2.48. The summed E-state index contributed by atoms with van der Waals surface area (Å²) in [6, 6.07) is 8.27. The Morgan fingerprint density at radius 3 is 2.58 bits per heavy atom. The van der Waals surface area contributed by atoms with Gasteiger partial charge >= 0.3 is 13.6 Å². The quantitative estimate of drug-likeness (QED) is 0.773. The molecule has 0 radical (unpaired) electrons. The van der Waals surface area contributed by atoms with Crippen molar-refractivity contribution < 1.29 is 27.9 Å². The number of nitrogens with two attached hydrogens (primary N) is 1. The van der Waals surface area contributed by atoms with Gasteiger partial charge in [0.15, 0.2) is 6.10 Å². The maximum Gasteiger partial charge on any atom is 0.381 e. The van der Waals surface area contributed by atoms with Crippen molar-refractivity contribution in [2.75, 3.05) is 12.7 Å². The topological polar surface area (TPSA) is 87.9 Å². The number of hydrogen-bond acceptors (Lipinski definition) is 6. The van der Waals surface area contributed by atoms with Crippen LogP contribution in [0.1, 0.15) is 6.92 Å². The van der Waals surface area contributed by atoms with Gasteiger partial charge in [0.2, 0.25) is 0 Å². The Bertz CT molecular complexity index is 456. The third-order valence-corrected chi connectivity index (χ3v) is 4.05. The van der Waals surface area contributed by atoms with E-state index < -0.39 is 19.7 Å². The zero-order valence-corrected chi connectivity index (χ0v) is 11.2. The molecular formula is C11H15FNO5P. The van der Waals surface area contributed by atoms with Crippen molar-refractivity contribution in [2.45, 2.75) is 13.0 Å². The number of rotatable bonds is 7. The average molecular weight is 291 g/mol. The van der Waals surface area contributed by atoms with Crippen LogP contribution in [0.5, 0.6) is 5.75 Å². The summed E-state index contributed by atoms with van der Waals surface area (Å²) in [6.45, 7) is 1.24. The van der Waals surface area contributed by atoms with Crippen LogP contribution < -0.4 is 10.3 Å². The normalized spacial score (nSPS) is 15.3. The van der Waals surface area contributed by atoms with Gasteiger partial charge in [-0.1, -0.05) is 18.2 Å². The Labute approximate surface area is 110 Å². The number of carbonyl (C=O) groups excluding carboxylic acids is 1. The van der Waals surface area contributed by atoms with Gasteiger partial charge in [0.05, 0.1) is 6.16 Å². The number of carbonyl (C=O) groups is 1. The zero-order valence-electron chi connectivity index (χ0n) is 10.3. The molecule has 0 heterocycles. The van der Waals surface area contributed by atoms with Crippen LogP contribution in [-0.2, 0) is 18.8 Å². The van der Waals surface area contributed by atoms with Crippen LogP contribution in [-0.4, -0.2) is 24.8 Å². The van der Waals surface area contributed by atoms with Crippen molar-refractivity contribution >= 4 is 13.6 Å². The van der Waals surface area contributed by atoms with Crippen molar-refractivity contribution in [1.82, 2.24) is 0 Å². The first-order valence-electron chi connectivity index (χ1n) is 5.55. The number of halogens is 1. The molecule has 1 unspecified atom stereocenters. The Hall–Kier alpha value is -1.43. The fraction of sp³-hybridized carbons (Fsp3) is 0.364. The molecule has 0 aliphatic rings. The third-order valence-electron chi connectivity index (χ3n) is 2.12. The maximum atomic E-state index is 12.4. The van der Waals surface area contributed by atoms with Gasteiger partial charge < -0.3 is 10.3 Å². The molecule has 0 fully saturated rings. The highest BCUT2D eigenvalue weighted by atomic mass is 31.2. The summed E-state index contributed by atoms with van der Waals surface area (Å²) in [7, 11) is -3.66. The first-order chi connectivity index (χ1) is 9.00. The van der Waals surface area contributed by atoms with E-state index in [2.05, 4.69) is 4.94 Å². The van der Waals surface area contributed by atoms with Crippen LogP contribution in [0.25, 0.3) is 0 Å². The predicted octanol–water partition coefficient (Wildman–Crippen LogP) is 2.05. The Balaban J connectivity index is 2.79. The fourth-order valence-electron chi connectivity index (χ4n) is 1.27. The molecule has 0 aliphatic heterocycles. The van der Waals surface area contributed by atoms with Gasteiger partial charge in [-0.3, -0.25) is 9.47 Å². The van der Waals surface area contributed by atoms with E-state index in [-0.39, 0.29) is 12.7 Å². The van der Waals surface area contributed by atoms with Crippen LogP contribution in [0.4, 0.5) is 4.53 Å². The summed E-state index contributed by atoms with van der Waals surface area (Å²) in [4.78, 5) is 13.9. The zero-order chi connectivity index (χ0) is 14.3. The molecule has 2 N–H and O–H groups in total. The number of para-hydroxylation sites is 1. The number of hydrogen-bond donors (Lipinski definition) is 1. The molecule has 0 saturated heterocycles. The van der Waals surface area contributed by atoms with E-state index in [9.17, 15) is 13.9 Å². The van der Waals surface area contributed by atoms with Gasteiger partial charge in [0, 0.05) is 11.1 Å². The summed E-state index contributed by atoms with van der Waals surface area (Å²) >= 11 is 0. The summed E-state index contributed by atoms with van der Waals surface area (Å²) in [5, 5.41) is 0. The van der Waals surface area contributed by atoms with Crippen molar-refractivity contribution in [3.8, 4) is 5.75 Å². The average Bonchev–Trinajstić information content (AvgIpc) is 2.38. The van der Waals surface area contributed by atoms with E-state index in [1.165, 1.54) is 6.92 Å². The summed E-state index contributed by atoms with van der Waals surface area (Å²) in [5.41, 5.74) is 5.33. The minimum absolute atomic E-state index is 0.0293. The molecule has 0 saturated carbocycles. The van der Waals surface area contributed by atoms with Gasteiger partial charge in [0.25, 0.3) is 0 Å². The standard InChI is InChI=1S/C11H15FNO5P/c1-9(11(14)16-12)17-19(15,8-7-13)18-10-5-3-2-4-6-10/h2-6,9H,7-8,13H2,1H3/t9-,19?/m0/s1. The van der Waals surface area contributed by atoms with Crippen LogP contribution in [0, 0.1) is 0 Å². The molecule has 19 heavy (non-hydrogen) atoms. The SMILES string of the molecule is C[C@H](OP(=O)(CCN)Oc1ccccc1)C(=O)OF. The van der Waals surface area contributed by atoms with E-state index >= 15 is 0 Å². The molecule has 2 atom stereocenters. The molecule has 0 spiro atoms. The molecule has 1 aromatic carbocycles. The minimum Gasteiger partial charge on any atom is -0.424 e. The lowest BCUT2D eigenvalue weighted by Gasteiger charge is -2.20. The van der Waals surface area contributed by atoms with Gasteiger partial charge in [-0.15, -0.1) is 0 Å². The molecule has 8 heteroatoms. The summed E-state index contributed by atoms with van der Waals surface area (Å²) < 4.78 is 34.3. The van der Waals surface area contributed by atoms with E-state index in [0.717, 1.165) is 0 Å². The Morgan fingerprint density at radius 2 is 2.05 bits per heavy atom. The number of benzene rings is 1. The summed E-state index contributed by atoms with van der Waals surface area (Å²) in [5.74, 6) is -0.978. The molecule has 0 aromatic heterocycles. The molecule has 0 aliphatic carbocycles. The lowest BCUT2D eigenvalue weighted by molar-refractivity contribution is -0.191. The maximum absolute atomic E-state index is 12.4.